The third-order valence-corrected chi connectivity index (χ3v) is 7.32. The van der Waals surface area contributed by atoms with Gasteiger partial charge in [-0.05, 0) is 60.7 Å². The number of nitrogens with zero attached hydrogens (tertiary/aromatic N) is 2. The number of hydrogen-bond acceptors (Lipinski definition) is 3. The van der Waals surface area contributed by atoms with E-state index < -0.39 is 5.54 Å². The predicted molar refractivity (Wildman–Crippen MR) is 119 cm³/mol. The number of hydrogen-bond donors (Lipinski definition) is 1. The first kappa shape index (κ1) is 19.2. The summed E-state index contributed by atoms with van der Waals surface area (Å²) in [7, 11) is 1.85. The van der Waals surface area contributed by atoms with Gasteiger partial charge in [0, 0.05) is 23.4 Å². The van der Waals surface area contributed by atoms with Crippen LogP contribution in [-0.2, 0) is 20.5 Å². The molecule has 1 aliphatic carbocycles. The third-order valence-electron chi connectivity index (χ3n) is 6.91. The topological polar surface area (TPSA) is 52.7 Å². The molecule has 2 aliphatic heterocycles. The maximum atomic E-state index is 12.7. The van der Waals surface area contributed by atoms with E-state index in [4.69, 9.17) is 11.6 Å². The van der Waals surface area contributed by atoms with Crippen LogP contribution in [0.4, 0.5) is 11.4 Å². The summed E-state index contributed by atoms with van der Waals surface area (Å²) in [6.07, 6.45) is 3.21. The zero-order valence-electron chi connectivity index (χ0n) is 17.2. The fraction of sp³-hybridized carbons (Fsp3) is 0.333. The van der Waals surface area contributed by atoms with Gasteiger partial charge in [-0.3, -0.25) is 9.59 Å². The highest BCUT2D eigenvalue weighted by Crippen LogP contribution is 2.57. The molecule has 3 aliphatic rings. The number of halogens is 1. The average Bonchev–Trinajstić information content (AvgIpc) is 3.49. The summed E-state index contributed by atoms with van der Waals surface area (Å²) in [4.78, 5) is 28.4. The molecule has 0 radical (unpaired) electrons. The lowest BCUT2D eigenvalue weighted by molar-refractivity contribution is -0.132. The molecule has 1 saturated heterocycles. The molecule has 2 aromatic rings. The quantitative estimate of drug-likeness (QED) is 0.759. The molecule has 2 aromatic carbocycles. The van der Waals surface area contributed by atoms with Crippen molar-refractivity contribution in [1.29, 1.82) is 0 Å². The molecule has 6 heteroatoms. The van der Waals surface area contributed by atoms with Crippen molar-refractivity contribution in [3.05, 3.63) is 70.8 Å². The van der Waals surface area contributed by atoms with Crippen LogP contribution in [-0.4, -0.2) is 36.9 Å². The Bertz CT molecular complexity index is 1100. The van der Waals surface area contributed by atoms with Gasteiger partial charge in [0.05, 0.1) is 24.0 Å². The second-order valence-corrected chi connectivity index (χ2v) is 9.10. The van der Waals surface area contributed by atoms with E-state index in [9.17, 15) is 9.59 Å². The average molecular weight is 422 g/mol. The van der Waals surface area contributed by atoms with Gasteiger partial charge in [0.25, 0.3) is 0 Å². The van der Waals surface area contributed by atoms with Crippen molar-refractivity contribution < 1.29 is 9.59 Å². The van der Waals surface area contributed by atoms with Gasteiger partial charge < -0.3 is 15.1 Å². The SMILES string of the molecule is C=CC(=O)N1CC(Nc2ccc3c(c2)N(C)C(=O)C32CC2)(c2cccc(Cl)c2C)C1. The summed E-state index contributed by atoms with van der Waals surface area (Å²) >= 11 is 6.41. The molecule has 2 fully saturated rings. The molecule has 2 amide bonds. The van der Waals surface area contributed by atoms with Crippen molar-refractivity contribution in [1.82, 2.24) is 4.90 Å². The van der Waals surface area contributed by atoms with Gasteiger partial charge in [0.2, 0.25) is 11.8 Å². The standard InChI is InChI=1S/C24H24ClN3O2/c1-4-21(29)28-13-24(14-28,17-6-5-7-19(25)15(17)2)26-16-8-9-18-20(12-16)27(3)22(30)23(18)10-11-23/h4-9,12,26H,1,10-11,13-14H2,2-3H3. The lowest BCUT2D eigenvalue weighted by Crippen LogP contribution is -2.65. The molecule has 30 heavy (non-hydrogen) atoms. The van der Waals surface area contributed by atoms with E-state index in [2.05, 4.69) is 30.1 Å². The molecule has 1 N–H and O–H groups in total. The van der Waals surface area contributed by atoms with Gasteiger partial charge in [-0.25, -0.2) is 0 Å². The van der Waals surface area contributed by atoms with Gasteiger partial charge in [0.15, 0.2) is 0 Å². The molecule has 1 saturated carbocycles. The summed E-state index contributed by atoms with van der Waals surface area (Å²) in [5.41, 5.74) is 4.38. The van der Waals surface area contributed by atoms with E-state index in [1.165, 1.54) is 6.08 Å². The zero-order valence-corrected chi connectivity index (χ0v) is 17.9. The van der Waals surface area contributed by atoms with Gasteiger partial charge in [-0.1, -0.05) is 36.4 Å². The van der Waals surface area contributed by atoms with E-state index >= 15 is 0 Å². The van der Waals surface area contributed by atoms with Gasteiger partial charge in [-0.15, -0.1) is 0 Å². The van der Waals surface area contributed by atoms with Crippen molar-refractivity contribution >= 4 is 34.8 Å². The van der Waals surface area contributed by atoms with Crippen LogP contribution in [0, 0.1) is 6.92 Å². The lowest BCUT2D eigenvalue weighted by Gasteiger charge is -2.51. The van der Waals surface area contributed by atoms with E-state index in [1.807, 2.05) is 32.2 Å². The van der Waals surface area contributed by atoms with Gasteiger partial charge >= 0.3 is 0 Å². The summed E-state index contributed by atoms with van der Waals surface area (Å²) in [6.45, 7) is 6.65. The minimum atomic E-state index is -0.444. The number of anilines is 2. The second-order valence-electron chi connectivity index (χ2n) is 8.70. The van der Waals surface area contributed by atoms with E-state index in [0.717, 1.165) is 40.9 Å². The van der Waals surface area contributed by atoms with Crippen molar-refractivity contribution in [2.24, 2.45) is 0 Å². The monoisotopic (exact) mass is 421 g/mol. The highest BCUT2D eigenvalue weighted by Gasteiger charge is 2.58. The largest absolute Gasteiger partial charge is 0.372 e. The molecule has 0 atom stereocenters. The number of carbonyl (C=O) groups is 2. The number of likely N-dealkylation sites (N-methyl/N-ethyl adjacent to an activating group) is 1. The van der Waals surface area contributed by atoms with Crippen LogP contribution in [0.5, 0.6) is 0 Å². The number of amides is 2. The highest BCUT2D eigenvalue weighted by atomic mass is 35.5. The Kier molecular flexibility index (Phi) is 4.06. The fourth-order valence-electron chi connectivity index (χ4n) is 5.05. The second kappa shape index (κ2) is 6.35. The van der Waals surface area contributed by atoms with Crippen LogP contribution in [0.15, 0.2) is 49.1 Å². The number of fused-ring (bicyclic) bond motifs is 2. The fourth-order valence-corrected chi connectivity index (χ4v) is 5.23. The number of nitrogens with one attached hydrogen (secondary N) is 1. The Morgan fingerprint density at radius 1 is 1.20 bits per heavy atom. The van der Waals surface area contributed by atoms with E-state index in [-0.39, 0.29) is 17.2 Å². The third kappa shape index (κ3) is 2.54. The number of rotatable bonds is 4. The first-order valence-electron chi connectivity index (χ1n) is 10.2. The normalized spacial score (nSPS) is 20.0. The predicted octanol–water partition coefficient (Wildman–Crippen LogP) is 3.99. The maximum absolute atomic E-state index is 12.7. The Morgan fingerprint density at radius 2 is 1.93 bits per heavy atom. The number of likely N-dealkylation sites (tertiary alicyclic amines) is 1. The molecule has 0 bridgehead atoms. The van der Waals surface area contributed by atoms with Crippen LogP contribution < -0.4 is 10.2 Å². The molecule has 5 rings (SSSR count). The Labute approximate surface area is 181 Å². The summed E-state index contributed by atoms with van der Waals surface area (Å²) in [5, 5.41) is 4.38. The Balaban J connectivity index is 1.52. The molecule has 0 aromatic heterocycles. The Hall–Kier alpha value is -2.79. The lowest BCUT2D eigenvalue weighted by atomic mass is 9.79. The molecule has 0 unspecified atom stereocenters. The molecule has 5 nitrogen and oxygen atoms in total. The van der Waals surface area contributed by atoms with Crippen LogP contribution in [0.1, 0.15) is 29.5 Å². The van der Waals surface area contributed by atoms with Crippen LogP contribution >= 0.6 is 11.6 Å². The van der Waals surface area contributed by atoms with Crippen LogP contribution in [0.2, 0.25) is 5.02 Å². The molecular formula is C24H24ClN3O2. The Morgan fingerprint density at radius 3 is 2.60 bits per heavy atom. The smallest absolute Gasteiger partial charge is 0.246 e. The van der Waals surface area contributed by atoms with Crippen molar-refractivity contribution in [2.45, 2.75) is 30.7 Å². The first-order valence-corrected chi connectivity index (χ1v) is 10.6. The minimum absolute atomic E-state index is 0.0814. The summed E-state index contributed by atoms with van der Waals surface area (Å²) < 4.78 is 0. The molecule has 154 valence electrons. The van der Waals surface area contributed by atoms with Crippen molar-refractivity contribution in [3.8, 4) is 0 Å². The maximum Gasteiger partial charge on any atom is 0.246 e. The molecular weight excluding hydrogens is 398 g/mol. The number of carbonyl (C=O) groups excluding carboxylic acids is 2. The highest BCUT2D eigenvalue weighted by molar-refractivity contribution is 6.31. The first-order chi connectivity index (χ1) is 14.3. The number of benzene rings is 2. The van der Waals surface area contributed by atoms with E-state index in [1.54, 1.807) is 9.80 Å². The van der Waals surface area contributed by atoms with Gasteiger partial charge in [-0.2, -0.15) is 0 Å². The minimum Gasteiger partial charge on any atom is -0.372 e. The van der Waals surface area contributed by atoms with Crippen molar-refractivity contribution in [2.75, 3.05) is 30.4 Å². The summed E-state index contributed by atoms with van der Waals surface area (Å²) in [6, 6.07) is 12.1. The van der Waals surface area contributed by atoms with E-state index in [0.29, 0.717) is 18.1 Å². The summed E-state index contributed by atoms with van der Waals surface area (Å²) in [5.74, 6) is 0.114. The van der Waals surface area contributed by atoms with Gasteiger partial charge in [0.1, 0.15) is 0 Å². The zero-order chi connectivity index (χ0) is 21.3. The van der Waals surface area contributed by atoms with Crippen LogP contribution in [0.25, 0.3) is 0 Å². The van der Waals surface area contributed by atoms with Crippen molar-refractivity contribution in [3.63, 3.8) is 0 Å². The van der Waals surface area contributed by atoms with Crippen LogP contribution in [0.3, 0.4) is 0 Å². The molecule has 2 heterocycles. The molecule has 1 spiro atoms.